The molecule has 1 saturated carbocycles. The molecule has 3 rings (SSSR count). The summed E-state index contributed by atoms with van der Waals surface area (Å²) in [7, 11) is 1.85. The number of hydrogen-bond acceptors (Lipinski definition) is 3. The van der Waals surface area contributed by atoms with Crippen molar-refractivity contribution in [3.05, 3.63) is 35.9 Å². The summed E-state index contributed by atoms with van der Waals surface area (Å²) < 4.78 is 12.1. The summed E-state index contributed by atoms with van der Waals surface area (Å²) in [5, 5.41) is 0. The molecule has 0 N–H and O–H groups in total. The first-order valence-electron chi connectivity index (χ1n) is 8.94. The zero-order chi connectivity index (χ0) is 16.4. The maximum Gasteiger partial charge on any atom is 0.190 e. The number of methoxy groups -OCH3 is 1. The quantitative estimate of drug-likeness (QED) is 0.745. The maximum absolute atomic E-state index is 6.08. The summed E-state index contributed by atoms with van der Waals surface area (Å²) in [5.41, 5.74) is 1.21. The molecule has 0 bridgehead atoms. The van der Waals surface area contributed by atoms with E-state index in [1.54, 1.807) is 0 Å². The average molecular weight is 315 g/mol. The molecule has 4 atom stereocenters. The predicted molar refractivity (Wildman–Crippen MR) is 94.0 cm³/mol. The van der Waals surface area contributed by atoms with Crippen LogP contribution < -0.4 is 0 Å². The number of hydrogen-bond donors (Lipinski definition) is 0. The summed E-state index contributed by atoms with van der Waals surface area (Å²) in [6.45, 7) is 7.38. The van der Waals surface area contributed by atoms with Crippen LogP contribution in [-0.2, 0) is 9.47 Å². The molecule has 0 aromatic heterocycles. The van der Waals surface area contributed by atoms with Crippen LogP contribution in [0.25, 0.3) is 0 Å². The van der Waals surface area contributed by atoms with Crippen LogP contribution in [0.1, 0.15) is 51.5 Å². The van der Waals surface area contributed by atoms with Gasteiger partial charge < -0.3 is 9.47 Å². The number of nitrogens with zero attached hydrogens (tertiary/aromatic N) is 1. The fourth-order valence-corrected chi connectivity index (χ4v) is 3.94. The minimum Gasteiger partial charge on any atom is -0.478 e. The monoisotopic (exact) mass is 315 g/mol. The Hall–Kier alpha value is -1.35. The first kappa shape index (κ1) is 16.5. The Morgan fingerprint density at radius 3 is 2.57 bits per heavy atom. The molecule has 1 aliphatic carbocycles. The van der Waals surface area contributed by atoms with E-state index in [1.165, 1.54) is 18.4 Å². The molecule has 0 radical (unpaired) electrons. The predicted octanol–water partition coefficient (Wildman–Crippen LogP) is 4.43. The van der Waals surface area contributed by atoms with E-state index in [1.807, 2.05) is 7.11 Å². The Morgan fingerprint density at radius 1 is 1.26 bits per heavy atom. The van der Waals surface area contributed by atoms with Crippen molar-refractivity contribution in [2.24, 2.45) is 16.8 Å². The smallest absolute Gasteiger partial charge is 0.190 e. The molecule has 1 aromatic rings. The highest BCUT2D eigenvalue weighted by Crippen LogP contribution is 2.63. The molecule has 1 fully saturated rings. The van der Waals surface area contributed by atoms with Gasteiger partial charge in [0, 0.05) is 13.0 Å². The van der Waals surface area contributed by atoms with Crippen LogP contribution in [0, 0.1) is 11.8 Å². The number of ether oxygens (including phenoxy) is 2. The van der Waals surface area contributed by atoms with Crippen molar-refractivity contribution in [3.8, 4) is 0 Å². The number of benzene rings is 1. The van der Waals surface area contributed by atoms with Crippen LogP contribution in [0.3, 0.4) is 0 Å². The molecule has 3 nitrogen and oxygen atoms in total. The standard InChI is InChI=1S/C20H29NO2/c1-5-6-12-20(22-4)17(15-10-8-7-9-11-15)18(20)19-21-16(13-23-19)14(2)3/h7-11,14,16-18H,5-6,12-13H2,1-4H3/t16-,17?,18?,20?/m1/s1. The highest BCUT2D eigenvalue weighted by Gasteiger charge is 2.69. The highest BCUT2D eigenvalue weighted by molar-refractivity contribution is 5.87. The molecule has 23 heavy (non-hydrogen) atoms. The lowest BCUT2D eigenvalue weighted by Crippen LogP contribution is -2.20. The summed E-state index contributed by atoms with van der Waals surface area (Å²) in [6.07, 6.45) is 3.43. The topological polar surface area (TPSA) is 30.8 Å². The lowest BCUT2D eigenvalue weighted by Gasteiger charge is -2.16. The van der Waals surface area contributed by atoms with Gasteiger partial charge in [0.25, 0.3) is 0 Å². The summed E-state index contributed by atoms with van der Waals surface area (Å²) in [6, 6.07) is 11.0. The van der Waals surface area contributed by atoms with E-state index in [4.69, 9.17) is 14.5 Å². The number of unbranched alkanes of at least 4 members (excludes halogenated alkanes) is 1. The third-order valence-electron chi connectivity index (χ3n) is 5.47. The van der Waals surface area contributed by atoms with Gasteiger partial charge in [0.15, 0.2) is 5.90 Å². The Labute approximate surface area is 140 Å². The van der Waals surface area contributed by atoms with Crippen LogP contribution in [0.15, 0.2) is 35.3 Å². The fraction of sp³-hybridized carbons (Fsp3) is 0.650. The van der Waals surface area contributed by atoms with E-state index in [2.05, 4.69) is 51.1 Å². The second-order valence-electron chi connectivity index (χ2n) is 7.22. The van der Waals surface area contributed by atoms with Crippen molar-refractivity contribution in [1.29, 1.82) is 0 Å². The van der Waals surface area contributed by atoms with Gasteiger partial charge in [0.05, 0.1) is 17.6 Å². The summed E-state index contributed by atoms with van der Waals surface area (Å²) >= 11 is 0. The van der Waals surface area contributed by atoms with Crippen LogP contribution >= 0.6 is 0 Å². The molecule has 1 aromatic carbocycles. The van der Waals surface area contributed by atoms with Gasteiger partial charge in [0.2, 0.25) is 0 Å². The fourth-order valence-electron chi connectivity index (χ4n) is 3.94. The van der Waals surface area contributed by atoms with Gasteiger partial charge in [-0.1, -0.05) is 63.9 Å². The van der Waals surface area contributed by atoms with Crippen molar-refractivity contribution >= 4 is 5.90 Å². The van der Waals surface area contributed by atoms with Gasteiger partial charge >= 0.3 is 0 Å². The van der Waals surface area contributed by atoms with Crippen molar-refractivity contribution in [3.63, 3.8) is 0 Å². The van der Waals surface area contributed by atoms with E-state index in [9.17, 15) is 0 Å². The lowest BCUT2D eigenvalue weighted by molar-refractivity contribution is 0.0567. The molecule has 3 heteroatoms. The van der Waals surface area contributed by atoms with E-state index in [-0.39, 0.29) is 11.5 Å². The summed E-state index contributed by atoms with van der Waals surface area (Å²) in [4.78, 5) is 4.89. The number of rotatable bonds is 7. The minimum atomic E-state index is -0.137. The molecule has 1 heterocycles. The second kappa shape index (κ2) is 6.64. The second-order valence-corrected chi connectivity index (χ2v) is 7.22. The Balaban J connectivity index is 1.88. The first-order valence-corrected chi connectivity index (χ1v) is 8.94. The molecule has 0 amide bonds. The molecular weight excluding hydrogens is 286 g/mol. The molecule has 126 valence electrons. The average Bonchev–Trinajstić information content (AvgIpc) is 2.97. The largest absolute Gasteiger partial charge is 0.478 e. The SMILES string of the molecule is CCCCC1(OC)C(C2=N[C@@H](C(C)C)CO2)C1c1ccccc1. The van der Waals surface area contributed by atoms with Crippen LogP contribution in [-0.4, -0.2) is 31.3 Å². The van der Waals surface area contributed by atoms with E-state index in [0.29, 0.717) is 17.9 Å². The van der Waals surface area contributed by atoms with E-state index >= 15 is 0 Å². The van der Waals surface area contributed by atoms with E-state index < -0.39 is 0 Å². The third kappa shape index (κ3) is 2.91. The van der Waals surface area contributed by atoms with Crippen LogP contribution in [0.5, 0.6) is 0 Å². The van der Waals surface area contributed by atoms with Crippen molar-refractivity contribution < 1.29 is 9.47 Å². The highest BCUT2D eigenvalue weighted by atomic mass is 16.5. The zero-order valence-electron chi connectivity index (χ0n) is 14.8. The molecule has 1 aliphatic heterocycles. The van der Waals surface area contributed by atoms with Gasteiger partial charge in [-0.15, -0.1) is 0 Å². The van der Waals surface area contributed by atoms with E-state index in [0.717, 1.165) is 18.9 Å². The van der Waals surface area contributed by atoms with Gasteiger partial charge in [0.1, 0.15) is 6.61 Å². The van der Waals surface area contributed by atoms with Gasteiger partial charge in [-0.25, -0.2) is 4.99 Å². The lowest BCUT2D eigenvalue weighted by atomic mass is 10.0. The van der Waals surface area contributed by atoms with Gasteiger partial charge in [-0.2, -0.15) is 0 Å². The van der Waals surface area contributed by atoms with Crippen molar-refractivity contribution in [2.75, 3.05) is 13.7 Å². The molecular formula is C20H29NO2. The maximum atomic E-state index is 6.08. The van der Waals surface area contributed by atoms with Gasteiger partial charge in [-0.3, -0.25) is 0 Å². The Kier molecular flexibility index (Phi) is 4.77. The molecule has 2 aliphatic rings. The number of aliphatic imine (C=N–C) groups is 1. The third-order valence-corrected chi connectivity index (χ3v) is 5.47. The normalized spacial score (nSPS) is 32.7. The van der Waals surface area contributed by atoms with Crippen molar-refractivity contribution in [1.82, 2.24) is 0 Å². The van der Waals surface area contributed by atoms with Crippen LogP contribution in [0.4, 0.5) is 0 Å². The van der Waals surface area contributed by atoms with Crippen molar-refractivity contribution in [2.45, 2.75) is 57.6 Å². The molecule has 0 spiro atoms. The van der Waals surface area contributed by atoms with Crippen LogP contribution in [0.2, 0.25) is 0 Å². The Bertz CT molecular complexity index is 554. The minimum absolute atomic E-state index is 0.137. The zero-order valence-corrected chi connectivity index (χ0v) is 14.8. The first-order chi connectivity index (χ1) is 11.1. The molecule has 0 saturated heterocycles. The molecule has 3 unspecified atom stereocenters. The summed E-state index contributed by atoms with van der Waals surface area (Å²) in [5.74, 6) is 2.08. The Morgan fingerprint density at radius 2 is 2.00 bits per heavy atom. The van der Waals surface area contributed by atoms with Gasteiger partial charge in [-0.05, 0) is 17.9 Å².